The lowest BCUT2D eigenvalue weighted by molar-refractivity contribution is 0.0170. The van der Waals surface area contributed by atoms with Crippen LogP contribution in [-0.4, -0.2) is 31.7 Å². The third-order valence-electron chi connectivity index (χ3n) is 1.86. The Bertz CT molecular complexity index is 295. The maximum Gasteiger partial charge on any atom is 0.134 e. The number of aromatic hydroxyl groups is 1. The van der Waals surface area contributed by atoms with Crippen molar-refractivity contribution in [3.63, 3.8) is 0 Å². The number of pyridine rings is 1. The molecule has 5 heteroatoms. The molecule has 1 aromatic rings. The van der Waals surface area contributed by atoms with Crippen LogP contribution in [-0.2, 0) is 0 Å². The monoisotopic (exact) mass is 261 g/mol. The highest BCUT2D eigenvalue weighted by Gasteiger charge is 2.18. The minimum absolute atomic E-state index is 0.0207. The van der Waals surface area contributed by atoms with Gasteiger partial charge in [-0.05, 0) is 12.5 Å². The van der Waals surface area contributed by atoms with Gasteiger partial charge in [0.2, 0.25) is 0 Å². The van der Waals surface area contributed by atoms with Gasteiger partial charge >= 0.3 is 0 Å². The number of aromatic nitrogens is 1. The normalized spacial score (nSPS) is 15.1. The summed E-state index contributed by atoms with van der Waals surface area (Å²) < 4.78 is 0. The number of nitrogens with zero attached hydrogens (tertiary/aromatic N) is 1. The molecule has 0 aliphatic heterocycles. The maximum atomic E-state index is 9.62. The average molecular weight is 262 g/mol. The summed E-state index contributed by atoms with van der Waals surface area (Å²) in [6.07, 6.45) is 1.27. The zero-order valence-corrected chi connectivity index (χ0v) is 9.05. The van der Waals surface area contributed by atoms with Gasteiger partial charge in [0.1, 0.15) is 11.9 Å². The molecule has 0 radical (unpaired) electrons. The number of aliphatic hydroxyl groups excluding tert-OH is 2. The first kappa shape index (κ1) is 11.4. The van der Waals surface area contributed by atoms with Gasteiger partial charge in [-0.15, -0.1) is 0 Å². The summed E-state index contributed by atoms with van der Waals surface area (Å²) in [5.41, 5.74) is 0.415. The molecule has 0 saturated heterocycles. The number of halogens is 1. The molecule has 0 bridgehead atoms. The van der Waals surface area contributed by atoms with Crippen LogP contribution in [0.25, 0.3) is 0 Å². The van der Waals surface area contributed by atoms with Gasteiger partial charge in [0.25, 0.3) is 0 Å². The van der Waals surface area contributed by atoms with E-state index in [1.54, 1.807) is 0 Å². The van der Waals surface area contributed by atoms with Crippen molar-refractivity contribution in [1.29, 1.82) is 0 Å². The minimum Gasteiger partial charge on any atom is -0.506 e. The molecule has 1 aromatic heterocycles. The molecule has 0 amide bonds. The molecule has 4 nitrogen and oxygen atoms in total. The highest BCUT2D eigenvalue weighted by Crippen LogP contribution is 2.21. The van der Waals surface area contributed by atoms with Crippen molar-refractivity contribution >= 4 is 15.9 Å². The summed E-state index contributed by atoms with van der Waals surface area (Å²) in [5, 5.41) is 28.8. The van der Waals surface area contributed by atoms with E-state index in [1.165, 1.54) is 18.5 Å². The van der Waals surface area contributed by atoms with Crippen LogP contribution in [0.2, 0.25) is 0 Å². The second kappa shape index (κ2) is 5.29. The summed E-state index contributed by atoms with van der Waals surface area (Å²) >= 11 is 3.17. The summed E-state index contributed by atoms with van der Waals surface area (Å²) in [4.78, 5) is 3.71. The van der Waals surface area contributed by atoms with Gasteiger partial charge in [-0.25, -0.2) is 0 Å². The zero-order chi connectivity index (χ0) is 10.6. The fourth-order valence-electron chi connectivity index (χ4n) is 1.10. The fourth-order valence-corrected chi connectivity index (χ4v) is 1.57. The van der Waals surface area contributed by atoms with E-state index in [1.807, 2.05) is 0 Å². The van der Waals surface area contributed by atoms with Crippen LogP contribution in [0.15, 0.2) is 18.5 Å². The van der Waals surface area contributed by atoms with E-state index in [0.29, 0.717) is 17.3 Å². The van der Waals surface area contributed by atoms with Crippen LogP contribution in [0.4, 0.5) is 0 Å². The van der Waals surface area contributed by atoms with E-state index in [-0.39, 0.29) is 5.75 Å². The van der Waals surface area contributed by atoms with Gasteiger partial charge in [-0.2, -0.15) is 0 Å². The Morgan fingerprint density at radius 3 is 2.64 bits per heavy atom. The Hall–Kier alpha value is -0.650. The van der Waals surface area contributed by atoms with Crippen LogP contribution in [0.3, 0.4) is 0 Å². The van der Waals surface area contributed by atoms with Crippen molar-refractivity contribution in [1.82, 2.24) is 4.98 Å². The number of hydrogen-bond acceptors (Lipinski definition) is 4. The predicted octanol–water partition coefficient (Wildman–Crippen LogP) is 0.966. The Labute approximate surface area is 90.4 Å². The number of rotatable bonds is 4. The molecule has 0 aliphatic carbocycles. The van der Waals surface area contributed by atoms with Crippen LogP contribution >= 0.6 is 15.9 Å². The number of aliphatic hydroxyl groups is 2. The molecule has 1 rings (SSSR count). The average Bonchev–Trinajstić information content (AvgIpc) is 2.17. The topological polar surface area (TPSA) is 73.6 Å². The fraction of sp³-hybridized carbons (Fsp3) is 0.444. The van der Waals surface area contributed by atoms with Crippen molar-refractivity contribution in [2.24, 2.45) is 0 Å². The predicted molar refractivity (Wildman–Crippen MR) is 55.3 cm³/mol. The van der Waals surface area contributed by atoms with Crippen molar-refractivity contribution in [3.05, 3.63) is 24.0 Å². The van der Waals surface area contributed by atoms with Gasteiger partial charge in [-0.1, -0.05) is 15.9 Å². The van der Waals surface area contributed by atoms with Crippen LogP contribution < -0.4 is 0 Å². The van der Waals surface area contributed by atoms with E-state index in [2.05, 4.69) is 20.9 Å². The second-order valence-corrected chi connectivity index (χ2v) is 3.76. The van der Waals surface area contributed by atoms with E-state index in [4.69, 9.17) is 5.11 Å². The van der Waals surface area contributed by atoms with Crippen molar-refractivity contribution in [2.75, 3.05) is 5.33 Å². The van der Waals surface area contributed by atoms with Gasteiger partial charge in [0, 0.05) is 17.1 Å². The van der Waals surface area contributed by atoms with Gasteiger partial charge < -0.3 is 15.3 Å². The van der Waals surface area contributed by atoms with E-state index < -0.39 is 12.2 Å². The third kappa shape index (κ3) is 2.94. The highest BCUT2D eigenvalue weighted by molar-refractivity contribution is 9.09. The molecule has 2 atom stereocenters. The first-order valence-electron chi connectivity index (χ1n) is 4.21. The molecule has 0 aromatic carbocycles. The molecule has 0 spiro atoms. The van der Waals surface area contributed by atoms with Crippen LogP contribution in [0.1, 0.15) is 18.1 Å². The quantitative estimate of drug-likeness (QED) is 0.707. The lowest BCUT2D eigenvalue weighted by Gasteiger charge is -2.16. The molecule has 0 fully saturated rings. The molecule has 3 N–H and O–H groups in total. The Morgan fingerprint density at radius 2 is 2.07 bits per heavy atom. The van der Waals surface area contributed by atoms with Gasteiger partial charge in [0.05, 0.1) is 12.3 Å². The molecule has 78 valence electrons. The van der Waals surface area contributed by atoms with E-state index >= 15 is 0 Å². The number of hydrogen-bond donors (Lipinski definition) is 3. The summed E-state index contributed by atoms with van der Waals surface area (Å²) in [6, 6.07) is 1.38. The Kier molecular flexibility index (Phi) is 4.31. The smallest absolute Gasteiger partial charge is 0.134 e. The summed E-state index contributed by atoms with van der Waals surface area (Å²) in [7, 11) is 0. The summed E-state index contributed by atoms with van der Waals surface area (Å²) in [6.45, 7) is 0. The third-order valence-corrected chi connectivity index (χ3v) is 2.31. The van der Waals surface area contributed by atoms with Crippen molar-refractivity contribution in [3.8, 4) is 5.75 Å². The Morgan fingerprint density at radius 1 is 1.36 bits per heavy atom. The van der Waals surface area contributed by atoms with Crippen molar-refractivity contribution < 1.29 is 15.3 Å². The molecule has 0 aliphatic rings. The molecule has 1 heterocycles. The van der Waals surface area contributed by atoms with Gasteiger partial charge in [-0.3, -0.25) is 4.98 Å². The van der Waals surface area contributed by atoms with E-state index in [9.17, 15) is 10.2 Å². The molecule has 0 saturated carbocycles. The van der Waals surface area contributed by atoms with Crippen LogP contribution in [0.5, 0.6) is 5.75 Å². The van der Waals surface area contributed by atoms with Crippen LogP contribution in [0, 0.1) is 0 Å². The molecular formula is C9H12BrNO3. The first-order valence-corrected chi connectivity index (χ1v) is 5.33. The maximum absolute atomic E-state index is 9.62. The highest BCUT2D eigenvalue weighted by atomic mass is 79.9. The molecule has 14 heavy (non-hydrogen) atoms. The standard InChI is InChI=1S/C9H12BrNO3/c10-2-1-8(13)9(14)6-3-7(12)5-11-4-6/h3-5,8-9,12-14H,1-2H2. The lowest BCUT2D eigenvalue weighted by Crippen LogP contribution is -2.18. The SMILES string of the molecule is Oc1cncc(C(O)C(O)CCBr)c1. The molecular weight excluding hydrogens is 250 g/mol. The zero-order valence-electron chi connectivity index (χ0n) is 7.47. The molecule has 2 unspecified atom stereocenters. The summed E-state index contributed by atoms with van der Waals surface area (Å²) in [5.74, 6) is -0.0207. The van der Waals surface area contributed by atoms with Gasteiger partial charge in [0.15, 0.2) is 0 Å². The lowest BCUT2D eigenvalue weighted by atomic mass is 10.0. The minimum atomic E-state index is -1.01. The largest absolute Gasteiger partial charge is 0.506 e. The second-order valence-electron chi connectivity index (χ2n) is 2.97. The van der Waals surface area contributed by atoms with E-state index in [0.717, 1.165) is 0 Å². The Balaban J connectivity index is 2.73. The van der Waals surface area contributed by atoms with Crippen molar-refractivity contribution in [2.45, 2.75) is 18.6 Å². The number of alkyl halides is 1. The first-order chi connectivity index (χ1) is 6.65.